The molecule has 1 atom stereocenters. The molecule has 1 fully saturated rings. The van der Waals surface area contributed by atoms with Gasteiger partial charge in [0.25, 0.3) is 5.56 Å². The van der Waals surface area contributed by atoms with Crippen molar-refractivity contribution in [3.63, 3.8) is 0 Å². The van der Waals surface area contributed by atoms with Crippen LogP contribution in [0.1, 0.15) is 35.9 Å². The second-order valence-corrected chi connectivity index (χ2v) is 9.49. The van der Waals surface area contributed by atoms with Crippen LogP contribution in [0.25, 0.3) is 22.0 Å². The second-order valence-electron chi connectivity index (χ2n) is 9.49. The number of aromatic nitrogens is 2. The molecule has 0 aliphatic carbocycles. The van der Waals surface area contributed by atoms with Crippen LogP contribution in [0.3, 0.4) is 0 Å². The molecule has 0 bridgehead atoms. The summed E-state index contributed by atoms with van der Waals surface area (Å²) in [5, 5.41) is 10.2. The van der Waals surface area contributed by atoms with Crippen molar-refractivity contribution in [3.05, 3.63) is 94.3 Å². The Labute approximate surface area is 213 Å². The second kappa shape index (κ2) is 10.1. The van der Waals surface area contributed by atoms with Crippen molar-refractivity contribution in [2.24, 2.45) is 0 Å². The summed E-state index contributed by atoms with van der Waals surface area (Å²) in [6, 6.07) is 16.1. The molecule has 1 aromatic heterocycles. The van der Waals surface area contributed by atoms with Gasteiger partial charge in [-0.25, -0.2) is 14.2 Å². The number of hydrogen-bond donors (Lipinski definition) is 1. The molecule has 0 amide bonds. The van der Waals surface area contributed by atoms with E-state index in [-0.39, 0.29) is 16.7 Å². The fraction of sp³-hybridized carbons (Fsp3) is 0.276. The molecular weight excluding hydrogens is 473 g/mol. The molecular formula is C29H28FN3O4. The molecule has 2 heterocycles. The zero-order valence-electron chi connectivity index (χ0n) is 20.7. The predicted molar refractivity (Wildman–Crippen MR) is 140 cm³/mol. The van der Waals surface area contributed by atoms with E-state index in [2.05, 4.69) is 29.1 Å². The van der Waals surface area contributed by atoms with Crippen molar-refractivity contribution in [2.75, 3.05) is 27.2 Å². The predicted octanol–water partition coefficient (Wildman–Crippen LogP) is 4.69. The van der Waals surface area contributed by atoms with Gasteiger partial charge in [0, 0.05) is 0 Å². The van der Waals surface area contributed by atoms with Crippen molar-refractivity contribution in [3.8, 4) is 16.9 Å². The molecule has 1 aliphatic rings. The highest BCUT2D eigenvalue weighted by atomic mass is 19.1. The van der Waals surface area contributed by atoms with E-state index < -0.39 is 23.4 Å². The zero-order valence-corrected chi connectivity index (χ0v) is 20.7. The highest BCUT2D eigenvalue weighted by molar-refractivity contribution is 5.84. The molecule has 8 heteroatoms. The first-order chi connectivity index (χ1) is 17.9. The van der Waals surface area contributed by atoms with Crippen LogP contribution in [-0.2, 0) is 4.79 Å². The monoisotopic (exact) mass is 501 g/mol. The quantitative estimate of drug-likeness (QED) is 0.413. The van der Waals surface area contributed by atoms with E-state index in [9.17, 15) is 19.1 Å². The van der Waals surface area contributed by atoms with E-state index in [1.54, 1.807) is 12.1 Å². The van der Waals surface area contributed by atoms with Gasteiger partial charge in [-0.3, -0.25) is 9.36 Å². The topological polar surface area (TPSA) is 84.7 Å². The Hall–Kier alpha value is -4.04. The lowest BCUT2D eigenvalue weighted by atomic mass is 9.88. The van der Waals surface area contributed by atoms with Crippen LogP contribution in [0.15, 0.2) is 71.8 Å². The Balaban J connectivity index is 1.54. The molecule has 1 saturated heterocycles. The van der Waals surface area contributed by atoms with Crippen LogP contribution in [0.5, 0.6) is 5.75 Å². The Kier molecular flexibility index (Phi) is 6.76. The lowest BCUT2D eigenvalue weighted by Gasteiger charge is -2.29. The summed E-state index contributed by atoms with van der Waals surface area (Å²) in [4.78, 5) is 32.4. The van der Waals surface area contributed by atoms with Crippen LogP contribution in [0.2, 0.25) is 0 Å². The maximum absolute atomic E-state index is 14.8. The molecule has 1 N–H and O–H groups in total. The summed E-state index contributed by atoms with van der Waals surface area (Å²) in [7, 11) is 3.47. The minimum Gasteiger partial charge on any atom is -0.496 e. The van der Waals surface area contributed by atoms with Crippen LogP contribution < -0.4 is 10.3 Å². The van der Waals surface area contributed by atoms with Gasteiger partial charge in [-0.1, -0.05) is 36.4 Å². The minimum atomic E-state index is -1.64. The highest BCUT2D eigenvalue weighted by Gasteiger charge is 2.30. The summed E-state index contributed by atoms with van der Waals surface area (Å²) >= 11 is 0. The first-order valence-electron chi connectivity index (χ1n) is 12.2. The third-order valence-corrected chi connectivity index (χ3v) is 7.24. The molecule has 1 aliphatic heterocycles. The van der Waals surface area contributed by atoms with Crippen LogP contribution >= 0.6 is 0 Å². The fourth-order valence-corrected chi connectivity index (χ4v) is 5.13. The smallest absolute Gasteiger partial charge is 0.331 e. The number of ether oxygens (including phenoxy) is 1. The minimum absolute atomic E-state index is 0.0397. The van der Waals surface area contributed by atoms with Gasteiger partial charge in [-0.05, 0) is 79.9 Å². The highest BCUT2D eigenvalue weighted by Crippen LogP contribution is 2.32. The van der Waals surface area contributed by atoms with E-state index in [1.165, 1.54) is 24.8 Å². The standard InChI is InChI=1S/C29H28FN3O4/c1-32-14-12-20(13-15-32)18-6-8-19(9-7-18)21-10-11-24-22(16-21)28(34)33(17-31-24)27(29(35)36)26-23(30)4-3-5-25(26)37-2/h3-11,16-17,20,27H,12-15H2,1-2H3,(H,35,36). The van der Waals surface area contributed by atoms with Crippen molar-refractivity contribution >= 4 is 16.9 Å². The van der Waals surface area contributed by atoms with Gasteiger partial charge in [0.15, 0.2) is 6.04 Å². The average molecular weight is 502 g/mol. The van der Waals surface area contributed by atoms with Crippen molar-refractivity contribution in [2.45, 2.75) is 24.8 Å². The maximum atomic E-state index is 14.8. The Morgan fingerprint density at radius 3 is 2.46 bits per heavy atom. The third-order valence-electron chi connectivity index (χ3n) is 7.24. The van der Waals surface area contributed by atoms with Gasteiger partial charge < -0.3 is 14.7 Å². The summed E-state index contributed by atoms with van der Waals surface area (Å²) in [5.41, 5.74) is 2.68. The van der Waals surface area contributed by atoms with Gasteiger partial charge >= 0.3 is 5.97 Å². The number of carboxylic acids is 1. The van der Waals surface area contributed by atoms with E-state index in [0.29, 0.717) is 11.4 Å². The molecule has 190 valence electrons. The first-order valence-corrected chi connectivity index (χ1v) is 12.2. The molecule has 3 aromatic carbocycles. The molecule has 1 unspecified atom stereocenters. The van der Waals surface area contributed by atoms with Crippen molar-refractivity contribution in [1.82, 2.24) is 14.5 Å². The number of rotatable bonds is 6. The number of nitrogens with zero attached hydrogens (tertiary/aromatic N) is 3. The van der Waals surface area contributed by atoms with Gasteiger partial charge in [0.05, 0.1) is 29.9 Å². The lowest BCUT2D eigenvalue weighted by Crippen LogP contribution is -2.32. The molecule has 5 rings (SSSR count). The zero-order chi connectivity index (χ0) is 26.1. The van der Waals surface area contributed by atoms with E-state index in [4.69, 9.17) is 4.74 Å². The largest absolute Gasteiger partial charge is 0.496 e. The third kappa shape index (κ3) is 4.72. The number of carboxylic acid groups (broad SMARTS) is 1. The van der Waals surface area contributed by atoms with Crippen LogP contribution in [0.4, 0.5) is 4.39 Å². The number of benzene rings is 3. The van der Waals surface area contributed by atoms with Crippen LogP contribution in [0, 0.1) is 5.82 Å². The molecule has 0 saturated carbocycles. The first kappa shape index (κ1) is 24.6. The Bertz CT molecular complexity index is 1510. The number of methoxy groups -OCH3 is 1. The molecule has 37 heavy (non-hydrogen) atoms. The molecule has 0 radical (unpaired) electrons. The summed E-state index contributed by atoms with van der Waals surface area (Å²) < 4.78 is 20.9. The lowest BCUT2D eigenvalue weighted by molar-refractivity contribution is -0.139. The number of likely N-dealkylation sites (tertiary alicyclic amines) is 1. The number of fused-ring (bicyclic) bond motifs is 1. The SMILES string of the molecule is COc1cccc(F)c1C(C(=O)O)n1cnc2ccc(-c3ccc(C4CCN(C)CC4)cc3)cc2c1=O. The molecule has 0 spiro atoms. The van der Waals surface area contributed by atoms with Crippen molar-refractivity contribution in [1.29, 1.82) is 0 Å². The van der Waals surface area contributed by atoms with Gasteiger partial charge in [0.1, 0.15) is 11.6 Å². The number of aliphatic carboxylic acids is 1. The summed E-state index contributed by atoms with van der Waals surface area (Å²) in [6.07, 6.45) is 3.41. The summed E-state index contributed by atoms with van der Waals surface area (Å²) in [6.45, 7) is 2.18. The van der Waals surface area contributed by atoms with Gasteiger partial charge in [0.2, 0.25) is 0 Å². The van der Waals surface area contributed by atoms with Gasteiger partial charge in [-0.15, -0.1) is 0 Å². The normalized spacial score (nSPS) is 15.5. The van der Waals surface area contributed by atoms with Crippen LogP contribution in [-0.4, -0.2) is 52.8 Å². The fourth-order valence-electron chi connectivity index (χ4n) is 5.13. The number of carbonyl (C=O) groups is 1. The molecule has 7 nitrogen and oxygen atoms in total. The Morgan fingerprint density at radius 1 is 1.08 bits per heavy atom. The van der Waals surface area contributed by atoms with Crippen molar-refractivity contribution < 1.29 is 19.0 Å². The number of piperidine rings is 1. The number of hydrogen-bond acceptors (Lipinski definition) is 5. The maximum Gasteiger partial charge on any atom is 0.331 e. The Morgan fingerprint density at radius 2 is 1.78 bits per heavy atom. The molecule has 4 aromatic rings. The van der Waals surface area contributed by atoms with E-state index >= 15 is 0 Å². The number of halogens is 1. The summed E-state index contributed by atoms with van der Waals surface area (Å²) in [5.74, 6) is -1.59. The average Bonchev–Trinajstić information content (AvgIpc) is 2.91. The van der Waals surface area contributed by atoms with Gasteiger partial charge in [-0.2, -0.15) is 0 Å². The van der Waals surface area contributed by atoms with E-state index in [1.807, 2.05) is 18.2 Å². The van der Waals surface area contributed by atoms with E-state index in [0.717, 1.165) is 54.0 Å².